The highest BCUT2D eigenvalue weighted by Gasteiger charge is 2.33. The maximum absolute atomic E-state index is 13.7. The molecule has 1 atom stereocenters. The minimum atomic E-state index is -0.389. The molecule has 1 aliphatic rings. The number of allylic oxidation sites excluding steroid dienone is 3. The third-order valence-electron chi connectivity index (χ3n) is 4.91. The van der Waals surface area contributed by atoms with Crippen molar-refractivity contribution in [3.05, 3.63) is 90.5 Å². The highest BCUT2D eigenvalue weighted by Crippen LogP contribution is 2.40. The number of ether oxygens (including phenoxy) is 1. The molecule has 2 aromatic rings. The number of carbonyl (C=O) groups excluding carboxylic acids is 1. The number of hydrogen-bond donors (Lipinski definition) is 1. The van der Waals surface area contributed by atoms with Gasteiger partial charge in [0.1, 0.15) is 5.82 Å². The molecule has 1 unspecified atom stereocenters. The fourth-order valence-electron chi connectivity index (χ4n) is 3.49. The van der Waals surface area contributed by atoms with Crippen molar-refractivity contribution >= 4 is 40.2 Å². The Morgan fingerprint density at radius 1 is 1.21 bits per heavy atom. The van der Waals surface area contributed by atoms with Crippen LogP contribution in [0.4, 0.5) is 4.39 Å². The maximum atomic E-state index is 13.7. The molecule has 3 nitrogen and oxygen atoms in total. The molecule has 3 rings (SSSR count). The van der Waals surface area contributed by atoms with E-state index in [-0.39, 0.29) is 17.7 Å². The van der Waals surface area contributed by atoms with E-state index < -0.39 is 0 Å². The Hall–Kier alpha value is -1.86. The average Bonchev–Trinajstić information content (AvgIpc) is 2.66. The summed E-state index contributed by atoms with van der Waals surface area (Å²) < 4.78 is 19.5. The summed E-state index contributed by atoms with van der Waals surface area (Å²) >= 11 is 8.10. The van der Waals surface area contributed by atoms with Crippen molar-refractivity contribution in [2.75, 3.05) is 7.11 Å². The van der Waals surface area contributed by atoms with Crippen molar-refractivity contribution in [3.63, 3.8) is 0 Å². The summed E-state index contributed by atoms with van der Waals surface area (Å²) in [6, 6.07) is 12.3. The highest BCUT2D eigenvalue weighted by atomic mass is 127. The van der Waals surface area contributed by atoms with Crippen LogP contribution in [0.5, 0.6) is 0 Å². The number of nitrogens with one attached hydrogen (secondary N) is 1. The van der Waals surface area contributed by atoms with E-state index in [0.717, 1.165) is 31.7 Å². The Bertz CT molecular complexity index is 983. The molecular formula is C22H20ClFINO2. The Morgan fingerprint density at radius 3 is 2.50 bits per heavy atom. The summed E-state index contributed by atoms with van der Waals surface area (Å²) in [5.41, 5.74) is 5.29. The second kappa shape index (κ2) is 8.66. The molecule has 0 radical (unpaired) electrons. The number of carbonyl (C=O) groups is 1. The van der Waals surface area contributed by atoms with Crippen LogP contribution in [-0.4, -0.2) is 13.1 Å². The molecule has 6 heteroatoms. The minimum Gasteiger partial charge on any atom is -0.466 e. The van der Waals surface area contributed by atoms with Crippen molar-refractivity contribution in [2.24, 2.45) is 0 Å². The van der Waals surface area contributed by atoms with Crippen LogP contribution in [0.2, 0.25) is 5.02 Å². The van der Waals surface area contributed by atoms with E-state index in [1.165, 1.54) is 19.2 Å². The van der Waals surface area contributed by atoms with Gasteiger partial charge >= 0.3 is 5.97 Å². The second-order valence-electron chi connectivity index (χ2n) is 6.72. The number of benzene rings is 2. The average molecular weight is 512 g/mol. The molecule has 0 spiro atoms. The van der Waals surface area contributed by atoms with Gasteiger partial charge < -0.3 is 10.1 Å². The lowest BCUT2D eigenvalue weighted by atomic mass is 9.80. The van der Waals surface area contributed by atoms with Crippen molar-refractivity contribution in [1.82, 2.24) is 5.32 Å². The first kappa shape index (κ1) is 20.9. The third kappa shape index (κ3) is 4.25. The lowest BCUT2D eigenvalue weighted by Gasteiger charge is -2.31. The summed E-state index contributed by atoms with van der Waals surface area (Å²) in [4.78, 5) is 12.6. The van der Waals surface area contributed by atoms with E-state index in [9.17, 15) is 9.18 Å². The summed E-state index contributed by atoms with van der Waals surface area (Å²) in [5, 5.41) is 4.06. The van der Waals surface area contributed by atoms with E-state index >= 15 is 0 Å². The Kier molecular flexibility index (Phi) is 6.45. The number of esters is 1. The van der Waals surface area contributed by atoms with Crippen LogP contribution >= 0.6 is 34.2 Å². The zero-order valence-electron chi connectivity index (χ0n) is 15.8. The van der Waals surface area contributed by atoms with E-state index in [4.69, 9.17) is 16.3 Å². The van der Waals surface area contributed by atoms with Crippen molar-refractivity contribution < 1.29 is 13.9 Å². The summed E-state index contributed by atoms with van der Waals surface area (Å²) in [6.45, 7) is 3.86. The van der Waals surface area contributed by atoms with Crippen LogP contribution in [0.25, 0.3) is 0 Å². The first-order valence-corrected chi connectivity index (χ1v) is 10.2. The molecule has 1 heterocycles. The van der Waals surface area contributed by atoms with Gasteiger partial charge in [-0.1, -0.05) is 29.8 Å². The van der Waals surface area contributed by atoms with Crippen LogP contribution in [0.15, 0.2) is 65.0 Å². The molecule has 0 aliphatic carbocycles. The zero-order chi connectivity index (χ0) is 20.4. The number of hydrogen-bond acceptors (Lipinski definition) is 3. The Labute approximate surface area is 182 Å². The van der Waals surface area contributed by atoms with Crippen molar-refractivity contribution in [2.45, 2.75) is 26.2 Å². The van der Waals surface area contributed by atoms with E-state index in [2.05, 4.69) is 27.9 Å². The quantitative estimate of drug-likeness (QED) is 0.421. The van der Waals surface area contributed by atoms with E-state index in [1.54, 1.807) is 6.07 Å². The molecule has 0 fully saturated rings. The monoisotopic (exact) mass is 511 g/mol. The van der Waals surface area contributed by atoms with Gasteiger partial charge in [0.25, 0.3) is 0 Å². The fraction of sp³-hybridized carbons (Fsp3) is 0.227. The molecule has 0 saturated heterocycles. The Morgan fingerprint density at radius 2 is 1.89 bits per heavy atom. The minimum absolute atomic E-state index is 0.301. The summed E-state index contributed by atoms with van der Waals surface area (Å²) in [5.74, 6) is -0.992. The number of dihydropyridines is 1. The normalized spacial score (nSPS) is 16.9. The van der Waals surface area contributed by atoms with Crippen LogP contribution in [0.1, 0.15) is 30.9 Å². The van der Waals surface area contributed by atoms with Gasteiger partial charge in [-0.3, -0.25) is 0 Å². The number of rotatable bonds is 4. The van der Waals surface area contributed by atoms with Crippen molar-refractivity contribution in [3.8, 4) is 0 Å². The van der Waals surface area contributed by atoms with E-state index in [1.807, 2.05) is 38.1 Å². The second-order valence-corrected chi connectivity index (χ2v) is 8.32. The lowest BCUT2D eigenvalue weighted by molar-refractivity contribution is -0.136. The molecule has 0 saturated carbocycles. The third-order valence-corrected chi connectivity index (χ3v) is 6.10. The molecular weight excluding hydrogens is 492 g/mol. The van der Waals surface area contributed by atoms with Crippen LogP contribution in [-0.2, 0) is 16.0 Å². The van der Waals surface area contributed by atoms with Gasteiger partial charge in [-0.15, -0.1) is 0 Å². The van der Waals surface area contributed by atoms with Gasteiger partial charge in [-0.2, -0.15) is 0 Å². The molecule has 0 bridgehead atoms. The fourth-order valence-corrected chi connectivity index (χ4v) is 4.41. The SMILES string of the molecule is COC(=O)C1=C(C)NC(Cc2ccc(Cl)cc2)=C(C)C1c1ccc(F)cc1I. The number of methoxy groups -OCH3 is 1. The molecule has 2 aromatic carbocycles. The highest BCUT2D eigenvalue weighted by molar-refractivity contribution is 14.1. The van der Waals surface area contributed by atoms with Gasteiger partial charge in [0, 0.05) is 32.3 Å². The van der Waals surface area contributed by atoms with Crippen LogP contribution in [0, 0.1) is 9.39 Å². The van der Waals surface area contributed by atoms with Gasteiger partial charge in [0.15, 0.2) is 0 Å². The zero-order valence-corrected chi connectivity index (χ0v) is 18.7. The van der Waals surface area contributed by atoms with Crippen LogP contribution < -0.4 is 5.32 Å². The molecule has 0 amide bonds. The first-order valence-electron chi connectivity index (χ1n) is 8.77. The Balaban J connectivity index is 2.10. The van der Waals surface area contributed by atoms with Gasteiger partial charge in [0.2, 0.25) is 0 Å². The topological polar surface area (TPSA) is 38.3 Å². The summed E-state index contributed by atoms with van der Waals surface area (Å²) in [6.07, 6.45) is 0.670. The van der Waals surface area contributed by atoms with Crippen LogP contribution in [0.3, 0.4) is 0 Å². The molecule has 28 heavy (non-hydrogen) atoms. The molecule has 0 aromatic heterocycles. The van der Waals surface area contributed by atoms with Crippen molar-refractivity contribution in [1.29, 1.82) is 0 Å². The molecule has 1 aliphatic heterocycles. The predicted octanol–water partition coefficient (Wildman–Crippen LogP) is 5.73. The first-order chi connectivity index (χ1) is 13.3. The maximum Gasteiger partial charge on any atom is 0.336 e. The number of halogens is 3. The molecule has 146 valence electrons. The largest absolute Gasteiger partial charge is 0.466 e. The van der Waals surface area contributed by atoms with Gasteiger partial charge in [0.05, 0.1) is 12.7 Å². The summed E-state index contributed by atoms with van der Waals surface area (Å²) in [7, 11) is 1.37. The predicted molar refractivity (Wildman–Crippen MR) is 118 cm³/mol. The molecule has 1 N–H and O–H groups in total. The lowest BCUT2D eigenvalue weighted by Crippen LogP contribution is -2.30. The van der Waals surface area contributed by atoms with E-state index in [0.29, 0.717) is 17.0 Å². The standard InChI is InChI=1S/C22H20ClFINO2/c1-12-19(10-14-4-6-15(23)7-5-14)26-13(2)21(22(27)28-3)20(12)17-9-8-16(24)11-18(17)25/h4-9,11,20,26H,10H2,1-3H3. The van der Waals surface area contributed by atoms with Gasteiger partial charge in [-0.25, -0.2) is 9.18 Å². The smallest absolute Gasteiger partial charge is 0.336 e. The van der Waals surface area contributed by atoms with Gasteiger partial charge in [-0.05, 0) is 77.4 Å².